The van der Waals surface area contributed by atoms with Crippen LogP contribution in [0.1, 0.15) is 65.6 Å². The SMILES string of the molecule is O=C(C1CC1)N1CCc2nc(C3CCCCN3C(=O)c3ccncc3)[nH]c(=O)c2C1. The highest BCUT2D eigenvalue weighted by Gasteiger charge is 2.36. The van der Waals surface area contributed by atoms with Gasteiger partial charge < -0.3 is 14.8 Å². The first-order valence-electron chi connectivity index (χ1n) is 10.7. The number of nitrogens with one attached hydrogen (secondary N) is 1. The summed E-state index contributed by atoms with van der Waals surface area (Å²) in [5.74, 6) is 0.796. The molecule has 3 aliphatic rings. The van der Waals surface area contributed by atoms with Crippen LogP contribution in [-0.4, -0.2) is 49.7 Å². The molecule has 2 aliphatic heterocycles. The third-order valence-corrected chi connectivity index (χ3v) is 6.33. The Kier molecular flexibility index (Phi) is 4.84. The Morgan fingerprint density at radius 3 is 2.63 bits per heavy atom. The average molecular weight is 407 g/mol. The number of nitrogens with zero attached hydrogens (tertiary/aromatic N) is 4. The van der Waals surface area contributed by atoms with Crippen LogP contribution in [0.4, 0.5) is 0 Å². The lowest BCUT2D eigenvalue weighted by molar-refractivity contribution is -0.133. The van der Waals surface area contributed by atoms with Crippen molar-refractivity contribution in [3.63, 3.8) is 0 Å². The Morgan fingerprint density at radius 1 is 1.07 bits per heavy atom. The lowest BCUT2D eigenvalue weighted by Crippen LogP contribution is -2.43. The zero-order chi connectivity index (χ0) is 20.7. The molecule has 1 atom stereocenters. The lowest BCUT2D eigenvalue weighted by Gasteiger charge is -2.36. The van der Waals surface area contributed by atoms with Gasteiger partial charge in [0.1, 0.15) is 5.82 Å². The summed E-state index contributed by atoms with van der Waals surface area (Å²) in [5, 5.41) is 0. The maximum absolute atomic E-state index is 13.1. The van der Waals surface area contributed by atoms with E-state index in [1.807, 2.05) is 4.90 Å². The number of H-pyrrole nitrogens is 1. The van der Waals surface area contributed by atoms with Gasteiger partial charge in [-0.1, -0.05) is 0 Å². The molecule has 2 aromatic rings. The van der Waals surface area contributed by atoms with Crippen LogP contribution in [0.5, 0.6) is 0 Å². The summed E-state index contributed by atoms with van der Waals surface area (Å²) in [4.78, 5) is 53.7. The number of carbonyl (C=O) groups is 2. The zero-order valence-electron chi connectivity index (χ0n) is 16.8. The predicted octanol–water partition coefficient (Wildman–Crippen LogP) is 1.83. The molecule has 0 bridgehead atoms. The van der Waals surface area contributed by atoms with E-state index in [2.05, 4.69) is 9.97 Å². The van der Waals surface area contributed by atoms with E-state index in [1.165, 1.54) is 0 Å². The number of hydrogen-bond donors (Lipinski definition) is 1. The minimum atomic E-state index is -0.247. The Hall–Kier alpha value is -3.03. The molecular weight excluding hydrogens is 382 g/mol. The van der Waals surface area contributed by atoms with Crippen molar-refractivity contribution >= 4 is 11.8 Å². The van der Waals surface area contributed by atoms with Crippen LogP contribution in [0.25, 0.3) is 0 Å². The first-order valence-corrected chi connectivity index (χ1v) is 10.7. The second kappa shape index (κ2) is 7.66. The Bertz CT molecular complexity index is 1030. The molecule has 2 aromatic heterocycles. The summed E-state index contributed by atoms with van der Waals surface area (Å²) in [5.41, 5.74) is 1.74. The van der Waals surface area contributed by atoms with Gasteiger partial charge in [-0.25, -0.2) is 4.98 Å². The Labute approximate surface area is 174 Å². The smallest absolute Gasteiger partial charge is 0.256 e. The largest absolute Gasteiger partial charge is 0.337 e. The van der Waals surface area contributed by atoms with Crippen LogP contribution in [0.2, 0.25) is 0 Å². The van der Waals surface area contributed by atoms with Gasteiger partial charge in [0, 0.05) is 43.4 Å². The van der Waals surface area contributed by atoms with Gasteiger partial charge in [0.25, 0.3) is 11.5 Å². The molecule has 1 saturated heterocycles. The second-order valence-electron chi connectivity index (χ2n) is 8.41. The molecule has 4 heterocycles. The molecule has 8 heteroatoms. The number of pyridine rings is 1. The highest BCUT2D eigenvalue weighted by atomic mass is 16.2. The van der Waals surface area contributed by atoms with E-state index in [1.54, 1.807) is 29.4 Å². The molecule has 2 amide bonds. The molecule has 0 radical (unpaired) electrons. The van der Waals surface area contributed by atoms with E-state index in [0.29, 0.717) is 43.0 Å². The summed E-state index contributed by atoms with van der Waals surface area (Å²) in [6, 6.07) is 3.17. The average Bonchev–Trinajstić information content (AvgIpc) is 3.64. The van der Waals surface area contributed by atoms with Crippen molar-refractivity contribution in [1.29, 1.82) is 0 Å². The monoisotopic (exact) mass is 407 g/mol. The van der Waals surface area contributed by atoms with Crippen LogP contribution in [-0.2, 0) is 17.8 Å². The number of likely N-dealkylation sites (tertiary alicyclic amines) is 1. The minimum absolute atomic E-state index is 0.0660. The van der Waals surface area contributed by atoms with Gasteiger partial charge in [-0.2, -0.15) is 0 Å². The topological polar surface area (TPSA) is 99.3 Å². The maximum Gasteiger partial charge on any atom is 0.256 e. The van der Waals surface area contributed by atoms with Crippen LogP contribution in [0.15, 0.2) is 29.3 Å². The number of rotatable bonds is 3. The molecule has 1 aliphatic carbocycles. The highest BCUT2D eigenvalue weighted by Crippen LogP contribution is 2.33. The number of carbonyl (C=O) groups excluding carboxylic acids is 2. The molecule has 1 saturated carbocycles. The molecule has 1 unspecified atom stereocenters. The van der Waals surface area contributed by atoms with Gasteiger partial charge in [0.2, 0.25) is 5.91 Å². The van der Waals surface area contributed by atoms with Crippen LogP contribution in [0.3, 0.4) is 0 Å². The van der Waals surface area contributed by atoms with E-state index in [0.717, 1.165) is 37.8 Å². The maximum atomic E-state index is 13.1. The molecule has 2 fully saturated rings. The van der Waals surface area contributed by atoms with E-state index >= 15 is 0 Å². The van der Waals surface area contributed by atoms with E-state index in [-0.39, 0.29) is 29.3 Å². The molecule has 30 heavy (non-hydrogen) atoms. The summed E-state index contributed by atoms with van der Waals surface area (Å²) in [7, 11) is 0. The van der Waals surface area contributed by atoms with Gasteiger partial charge in [-0.05, 0) is 44.2 Å². The first-order chi connectivity index (χ1) is 14.6. The number of aromatic amines is 1. The van der Waals surface area contributed by atoms with Crippen molar-refractivity contribution in [2.75, 3.05) is 13.1 Å². The fraction of sp³-hybridized carbons (Fsp3) is 0.500. The van der Waals surface area contributed by atoms with Crippen molar-refractivity contribution in [2.45, 2.75) is 51.1 Å². The molecule has 1 N–H and O–H groups in total. The molecule has 0 spiro atoms. The number of amides is 2. The predicted molar refractivity (Wildman–Crippen MR) is 109 cm³/mol. The van der Waals surface area contributed by atoms with Crippen LogP contribution < -0.4 is 5.56 Å². The minimum Gasteiger partial charge on any atom is -0.337 e. The van der Waals surface area contributed by atoms with Gasteiger partial charge >= 0.3 is 0 Å². The third kappa shape index (κ3) is 3.51. The number of fused-ring (bicyclic) bond motifs is 1. The number of piperidine rings is 1. The van der Waals surface area contributed by atoms with Gasteiger partial charge in [-0.15, -0.1) is 0 Å². The Morgan fingerprint density at radius 2 is 1.87 bits per heavy atom. The van der Waals surface area contributed by atoms with Crippen LogP contribution >= 0.6 is 0 Å². The quantitative estimate of drug-likeness (QED) is 0.837. The summed E-state index contributed by atoms with van der Waals surface area (Å²) in [6.07, 6.45) is 8.40. The summed E-state index contributed by atoms with van der Waals surface area (Å²) in [6.45, 7) is 1.57. The third-order valence-electron chi connectivity index (χ3n) is 6.33. The zero-order valence-corrected chi connectivity index (χ0v) is 16.8. The molecular formula is C22H25N5O3. The number of hydrogen-bond acceptors (Lipinski definition) is 5. The van der Waals surface area contributed by atoms with E-state index < -0.39 is 0 Å². The number of aromatic nitrogens is 3. The fourth-order valence-electron chi connectivity index (χ4n) is 4.50. The highest BCUT2D eigenvalue weighted by molar-refractivity contribution is 5.94. The summed E-state index contributed by atoms with van der Waals surface area (Å²) < 4.78 is 0. The van der Waals surface area contributed by atoms with Crippen molar-refractivity contribution < 1.29 is 9.59 Å². The molecule has 0 aromatic carbocycles. The Balaban J connectivity index is 1.42. The molecule has 8 nitrogen and oxygen atoms in total. The normalized spacial score (nSPS) is 21.3. The second-order valence-corrected chi connectivity index (χ2v) is 8.41. The van der Waals surface area contributed by atoms with Gasteiger partial charge in [0.15, 0.2) is 0 Å². The summed E-state index contributed by atoms with van der Waals surface area (Å²) >= 11 is 0. The van der Waals surface area contributed by atoms with Gasteiger partial charge in [-0.3, -0.25) is 19.4 Å². The van der Waals surface area contributed by atoms with Crippen molar-refractivity contribution in [3.8, 4) is 0 Å². The standard InChI is InChI=1S/C22H25N5O3/c28-20-16-13-26(21(29)14-4-5-14)12-8-17(16)24-19(25-20)18-3-1-2-11-27(18)22(30)15-6-9-23-10-7-15/h6-7,9-10,14,18H,1-5,8,11-13H2,(H,24,25,28). The van der Waals surface area contributed by atoms with Gasteiger partial charge in [0.05, 0.1) is 23.8 Å². The van der Waals surface area contributed by atoms with Crippen molar-refractivity contribution in [1.82, 2.24) is 24.8 Å². The van der Waals surface area contributed by atoms with Crippen LogP contribution in [0, 0.1) is 5.92 Å². The van der Waals surface area contributed by atoms with E-state index in [4.69, 9.17) is 4.98 Å². The molecule has 156 valence electrons. The van der Waals surface area contributed by atoms with Crippen molar-refractivity contribution in [3.05, 3.63) is 57.5 Å². The fourth-order valence-corrected chi connectivity index (χ4v) is 4.50. The van der Waals surface area contributed by atoms with Crippen molar-refractivity contribution in [2.24, 2.45) is 5.92 Å². The lowest BCUT2D eigenvalue weighted by atomic mass is 9.99. The molecule has 5 rings (SSSR count). The first kappa shape index (κ1) is 19.0. The van der Waals surface area contributed by atoms with E-state index in [9.17, 15) is 14.4 Å².